The zero-order valence-corrected chi connectivity index (χ0v) is 14.9. The smallest absolute Gasteiger partial charge is 0.317 e. The Morgan fingerprint density at radius 2 is 2.00 bits per heavy atom. The van der Waals surface area contributed by atoms with Gasteiger partial charge < -0.3 is 24.6 Å². The Morgan fingerprint density at radius 3 is 2.73 bits per heavy atom. The van der Waals surface area contributed by atoms with Crippen LogP contribution < -0.4 is 15.0 Å². The number of nitrogens with one attached hydrogen (secondary N) is 1. The molecule has 1 aromatic rings. The maximum Gasteiger partial charge on any atom is 0.317 e. The molecule has 0 atom stereocenters. The van der Waals surface area contributed by atoms with E-state index in [0.717, 1.165) is 42.3 Å². The molecule has 0 saturated carbocycles. The zero-order valence-electron chi connectivity index (χ0n) is 14.9. The number of urea groups is 1. The number of halogens is 2. The first kappa shape index (κ1) is 18.7. The normalized spacial score (nSPS) is 21.2. The van der Waals surface area contributed by atoms with Gasteiger partial charge in [-0.15, -0.1) is 0 Å². The van der Waals surface area contributed by atoms with Crippen molar-refractivity contribution in [1.82, 2.24) is 10.2 Å². The minimum absolute atomic E-state index is 0.0220. The van der Waals surface area contributed by atoms with Crippen molar-refractivity contribution in [2.75, 3.05) is 51.4 Å². The van der Waals surface area contributed by atoms with Gasteiger partial charge in [0.15, 0.2) is 0 Å². The van der Waals surface area contributed by atoms with Crippen molar-refractivity contribution in [3.63, 3.8) is 0 Å². The van der Waals surface area contributed by atoms with Crippen LogP contribution in [0.5, 0.6) is 5.75 Å². The summed E-state index contributed by atoms with van der Waals surface area (Å²) in [6, 6.07) is 7.36. The number of hydrogen-bond acceptors (Lipinski definition) is 4. The number of para-hydroxylation sites is 2. The predicted octanol–water partition coefficient (Wildman–Crippen LogP) is 2.34. The third-order valence-corrected chi connectivity index (χ3v) is 4.78. The predicted molar refractivity (Wildman–Crippen MR) is 94.1 cm³/mol. The van der Waals surface area contributed by atoms with Crippen LogP contribution in [0.4, 0.5) is 19.3 Å². The maximum absolute atomic E-state index is 13.6. The van der Waals surface area contributed by atoms with Crippen molar-refractivity contribution in [1.29, 1.82) is 0 Å². The molecule has 26 heavy (non-hydrogen) atoms. The molecule has 2 aliphatic rings. The molecule has 2 aliphatic heterocycles. The second-order valence-electron chi connectivity index (χ2n) is 6.71. The molecule has 144 valence electrons. The van der Waals surface area contributed by atoms with Crippen LogP contribution in [0.25, 0.3) is 0 Å². The summed E-state index contributed by atoms with van der Waals surface area (Å²) in [5, 5.41) is 2.89. The standard InChI is InChI=1S/C18H25F2N3O3/c1-25-16-5-3-2-4-15(16)22-8-6-14(7-9-22)21-17(24)23-10-11-26-13-18(19,20)12-23/h2-5,14H,6-13H2,1H3,(H,21,24). The average molecular weight is 369 g/mol. The third kappa shape index (κ3) is 4.55. The molecule has 0 bridgehead atoms. The van der Waals surface area contributed by atoms with E-state index in [9.17, 15) is 13.6 Å². The lowest BCUT2D eigenvalue weighted by Crippen LogP contribution is -2.51. The highest BCUT2D eigenvalue weighted by Crippen LogP contribution is 2.30. The first-order chi connectivity index (χ1) is 12.5. The Hall–Kier alpha value is -2.09. The van der Waals surface area contributed by atoms with Gasteiger partial charge in [-0.3, -0.25) is 0 Å². The van der Waals surface area contributed by atoms with Gasteiger partial charge in [-0.2, -0.15) is 0 Å². The highest BCUT2D eigenvalue weighted by atomic mass is 19.3. The average Bonchev–Trinajstić information content (AvgIpc) is 2.83. The van der Waals surface area contributed by atoms with Crippen molar-refractivity contribution >= 4 is 11.7 Å². The first-order valence-electron chi connectivity index (χ1n) is 8.87. The van der Waals surface area contributed by atoms with Gasteiger partial charge in [0.1, 0.15) is 12.4 Å². The molecule has 6 nitrogen and oxygen atoms in total. The molecule has 0 unspecified atom stereocenters. The van der Waals surface area contributed by atoms with Crippen LogP contribution in [-0.2, 0) is 4.74 Å². The van der Waals surface area contributed by atoms with E-state index in [0.29, 0.717) is 0 Å². The quantitative estimate of drug-likeness (QED) is 0.889. The minimum atomic E-state index is -3.00. The number of nitrogens with zero attached hydrogens (tertiary/aromatic N) is 2. The van der Waals surface area contributed by atoms with Crippen LogP contribution in [0.1, 0.15) is 12.8 Å². The fourth-order valence-corrected chi connectivity index (χ4v) is 3.40. The summed E-state index contributed by atoms with van der Waals surface area (Å²) in [6.07, 6.45) is 1.51. The number of benzene rings is 1. The van der Waals surface area contributed by atoms with Crippen molar-refractivity contribution in [3.05, 3.63) is 24.3 Å². The minimum Gasteiger partial charge on any atom is -0.495 e. The lowest BCUT2D eigenvalue weighted by molar-refractivity contribution is -0.0652. The molecule has 2 heterocycles. The van der Waals surface area contributed by atoms with E-state index in [4.69, 9.17) is 9.47 Å². The molecule has 0 spiro atoms. The highest BCUT2D eigenvalue weighted by Gasteiger charge is 2.37. The maximum atomic E-state index is 13.6. The van der Waals surface area contributed by atoms with E-state index in [1.807, 2.05) is 24.3 Å². The number of amides is 2. The molecule has 3 rings (SSSR count). The van der Waals surface area contributed by atoms with E-state index in [1.54, 1.807) is 7.11 Å². The fraction of sp³-hybridized carbons (Fsp3) is 0.611. The van der Waals surface area contributed by atoms with Crippen LogP contribution in [0.3, 0.4) is 0 Å². The number of carbonyl (C=O) groups is 1. The second-order valence-corrected chi connectivity index (χ2v) is 6.71. The summed E-state index contributed by atoms with van der Waals surface area (Å²) in [4.78, 5) is 15.7. The van der Waals surface area contributed by atoms with Crippen LogP contribution in [0.15, 0.2) is 24.3 Å². The molecular formula is C18H25F2N3O3. The molecule has 0 aromatic heterocycles. The van der Waals surface area contributed by atoms with E-state index < -0.39 is 25.1 Å². The molecule has 1 N–H and O–H groups in total. The number of hydrogen-bond donors (Lipinski definition) is 1. The summed E-state index contributed by atoms with van der Waals surface area (Å²) in [6.45, 7) is 0.624. The number of ether oxygens (including phenoxy) is 2. The fourth-order valence-electron chi connectivity index (χ4n) is 3.40. The Balaban J connectivity index is 1.53. The molecule has 2 saturated heterocycles. The van der Waals surface area contributed by atoms with Gasteiger partial charge in [-0.05, 0) is 25.0 Å². The second kappa shape index (κ2) is 8.07. The zero-order chi connectivity index (χ0) is 18.6. The Labute approximate surface area is 152 Å². The lowest BCUT2D eigenvalue weighted by Gasteiger charge is -2.35. The van der Waals surface area contributed by atoms with Gasteiger partial charge in [0.05, 0.1) is 25.9 Å². The molecule has 1 aromatic carbocycles. The van der Waals surface area contributed by atoms with E-state index in [2.05, 4.69) is 10.2 Å². The largest absolute Gasteiger partial charge is 0.495 e. The summed E-state index contributed by atoms with van der Waals surface area (Å²) < 4.78 is 37.5. The summed E-state index contributed by atoms with van der Waals surface area (Å²) >= 11 is 0. The van der Waals surface area contributed by atoms with Crippen molar-refractivity contribution in [2.45, 2.75) is 24.8 Å². The van der Waals surface area contributed by atoms with Gasteiger partial charge in [0, 0.05) is 25.7 Å². The van der Waals surface area contributed by atoms with Gasteiger partial charge in [0.25, 0.3) is 5.92 Å². The van der Waals surface area contributed by atoms with Gasteiger partial charge in [0.2, 0.25) is 0 Å². The Kier molecular flexibility index (Phi) is 5.80. The van der Waals surface area contributed by atoms with Crippen LogP contribution in [0, 0.1) is 0 Å². The summed E-state index contributed by atoms with van der Waals surface area (Å²) in [5.41, 5.74) is 1.03. The molecule has 2 amide bonds. The summed E-state index contributed by atoms with van der Waals surface area (Å²) in [5.74, 6) is -2.18. The molecule has 2 fully saturated rings. The molecule has 0 aliphatic carbocycles. The van der Waals surface area contributed by atoms with Gasteiger partial charge in [-0.25, -0.2) is 13.6 Å². The number of anilines is 1. The van der Waals surface area contributed by atoms with E-state index in [-0.39, 0.29) is 19.2 Å². The summed E-state index contributed by atoms with van der Waals surface area (Å²) in [7, 11) is 1.65. The van der Waals surface area contributed by atoms with Crippen LogP contribution >= 0.6 is 0 Å². The number of alkyl halides is 2. The van der Waals surface area contributed by atoms with Gasteiger partial charge in [-0.1, -0.05) is 12.1 Å². The first-order valence-corrected chi connectivity index (χ1v) is 8.87. The van der Waals surface area contributed by atoms with E-state index in [1.165, 1.54) is 0 Å². The van der Waals surface area contributed by atoms with Crippen molar-refractivity contribution in [2.24, 2.45) is 0 Å². The lowest BCUT2D eigenvalue weighted by atomic mass is 10.0. The molecule has 0 radical (unpaired) electrons. The highest BCUT2D eigenvalue weighted by molar-refractivity contribution is 5.74. The Morgan fingerprint density at radius 1 is 1.27 bits per heavy atom. The van der Waals surface area contributed by atoms with Crippen molar-refractivity contribution < 1.29 is 23.0 Å². The number of rotatable bonds is 3. The number of methoxy groups -OCH3 is 1. The Bertz CT molecular complexity index is 621. The van der Waals surface area contributed by atoms with Crippen LogP contribution in [-0.4, -0.2) is 69.4 Å². The van der Waals surface area contributed by atoms with Crippen molar-refractivity contribution in [3.8, 4) is 5.75 Å². The molecular weight excluding hydrogens is 344 g/mol. The monoisotopic (exact) mass is 369 g/mol. The van der Waals surface area contributed by atoms with Gasteiger partial charge >= 0.3 is 6.03 Å². The number of piperidine rings is 1. The SMILES string of the molecule is COc1ccccc1N1CCC(NC(=O)N2CCOCC(F)(F)C2)CC1. The topological polar surface area (TPSA) is 54.0 Å². The molecule has 8 heteroatoms. The van der Waals surface area contributed by atoms with E-state index >= 15 is 0 Å². The number of carbonyl (C=O) groups excluding carboxylic acids is 1. The third-order valence-electron chi connectivity index (χ3n) is 4.78. The van der Waals surface area contributed by atoms with Crippen LogP contribution in [0.2, 0.25) is 0 Å².